The van der Waals surface area contributed by atoms with Gasteiger partial charge < -0.3 is 5.32 Å². The summed E-state index contributed by atoms with van der Waals surface area (Å²) >= 11 is 0. The van der Waals surface area contributed by atoms with Gasteiger partial charge in [0.1, 0.15) is 5.82 Å². The van der Waals surface area contributed by atoms with Crippen LogP contribution in [0.1, 0.15) is 15.9 Å². The molecule has 3 aromatic carbocycles. The molecule has 9 heteroatoms. The zero-order chi connectivity index (χ0) is 24.3. The van der Waals surface area contributed by atoms with E-state index in [-0.39, 0.29) is 17.0 Å². The van der Waals surface area contributed by atoms with Crippen molar-refractivity contribution in [1.82, 2.24) is 14.6 Å². The molecule has 2 aromatic heterocycles. The molecule has 1 amide bonds. The lowest BCUT2D eigenvalue weighted by Crippen LogP contribution is -2.30. The van der Waals surface area contributed by atoms with Crippen LogP contribution in [0.2, 0.25) is 0 Å². The molecule has 2 heterocycles. The third-order valence-electron chi connectivity index (χ3n) is 5.43. The number of aromatic nitrogens is 3. The van der Waals surface area contributed by atoms with Crippen LogP contribution in [0.25, 0.3) is 5.65 Å². The Hall–Kier alpha value is -4.50. The number of sulfonamides is 1. The quantitative estimate of drug-likeness (QED) is 0.371. The van der Waals surface area contributed by atoms with E-state index >= 15 is 0 Å². The molecule has 0 fully saturated rings. The van der Waals surface area contributed by atoms with Crippen LogP contribution < -0.4 is 9.62 Å². The first-order valence-corrected chi connectivity index (χ1v) is 12.3. The minimum absolute atomic E-state index is 0.0175. The molecule has 8 nitrogen and oxygen atoms in total. The average Bonchev–Trinajstić information content (AvgIpc) is 3.38. The van der Waals surface area contributed by atoms with Crippen molar-refractivity contribution in [3.8, 4) is 0 Å². The lowest BCUT2D eigenvalue weighted by atomic mass is 10.2. The monoisotopic (exact) mass is 483 g/mol. The summed E-state index contributed by atoms with van der Waals surface area (Å²) in [6.07, 6.45) is 3.14. The molecule has 174 valence electrons. The Morgan fingerprint density at radius 1 is 0.857 bits per heavy atom. The highest BCUT2D eigenvalue weighted by Gasteiger charge is 2.26. The second kappa shape index (κ2) is 9.40. The topological polar surface area (TPSA) is 96.7 Å². The van der Waals surface area contributed by atoms with Crippen LogP contribution in [-0.2, 0) is 16.6 Å². The molecular formula is C26H21N5O3S. The first-order valence-electron chi connectivity index (χ1n) is 10.8. The van der Waals surface area contributed by atoms with Gasteiger partial charge in [0.05, 0.1) is 23.3 Å². The maximum atomic E-state index is 13.8. The van der Waals surface area contributed by atoms with Crippen LogP contribution in [0, 0.1) is 0 Å². The summed E-state index contributed by atoms with van der Waals surface area (Å²) in [4.78, 5) is 17.2. The predicted molar refractivity (Wildman–Crippen MR) is 134 cm³/mol. The average molecular weight is 484 g/mol. The second-order valence-electron chi connectivity index (χ2n) is 7.75. The zero-order valence-electron chi connectivity index (χ0n) is 18.5. The molecule has 0 radical (unpaired) electrons. The Kier molecular flexibility index (Phi) is 5.99. The Bertz CT molecular complexity index is 1590. The number of hydrogen-bond donors (Lipinski definition) is 1. The SMILES string of the molecule is O=C(Nc1ccnc2ccnn12)c1cccc(S(=O)(=O)N(Cc2ccccc2)c2ccccc2)c1. The highest BCUT2D eigenvalue weighted by Crippen LogP contribution is 2.26. The summed E-state index contributed by atoms with van der Waals surface area (Å²) in [7, 11) is -3.98. The van der Waals surface area contributed by atoms with Crippen molar-refractivity contribution in [3.05, 3.63) is 121 Å². The molecular weight excluding hydrogens is 462 g/mol. The zero-order valence-corrected chi connectivity index (χ0v) is 19.3. The molecule has 0 saturated heterocycles. The number of amides is 1. The number of para-hydroxylation sites is 1. The van der Waals surface area contributed by atoms with Gasteiger partial charge in [-0.3, -0.25) is 9.10 Å². The fourth-order valence-corrected chi connectivity index (χ4v) is 5.20. The van der Waals surface area contributed by atoms with Gasteiger partial charge in [0.25, 0.3) is 15.9 Å². The van der Waals surface area contributed by atoms with Crippen molar-refractivity contribution >= 4 is 33.1 Å². The maximum absolute atomic E-state index is 13.8. The summed E-state index contributed by atoms with van der Waals surface area (Å²) in [5.41, 5.74) is 2.16. The van der Waals surface area contributed by atoms with Crippen LogP contribution in [0.5, 0.6) is 0 Å². The molecule has 0 unspecified atom stereocenters. The van der Waals surface area contributed by atoms with E-state index in [1.165, 1.54) is 21.0 Å². The van der Waals surface area contributed by atoms with Gasteiger partial charge in [-0.15, -0.1) is 0 Å². The predicted octanol–water partition coefficient (Wildman–Crippen LogP) is 4.38. The number of nitrogens with one attached hydrogen (secondary N) is 1. The van der Waals surface area contributed by atoms with Crippen LogP contribution in [0.3, 0.4) is 0 Å². The van der Waals surface area contributed by atoms with Gasteiger partial charge in [0.2, 0.25) is 0 Å². The van der Waals surface area contributed by atoms with E-state index in [1.54, 1.807) is 60.9 Å². The van der Waals surface area contributed by atoms with Gasteiger partial charge in [-0.1, -0.05) is 54.6 Å². The van der Waals surface area contributed by atoms with Crippen LogP contribution in [-0.4, -0.2) is 28.9 Å². The summed E-state index contributed by atoms with van der Waals surface area (Å²) < 4.78 is 30.4. The number of carbonyl (C=O) groups excluding carboxylic acids is 1. The summed E-state index contributed by atoms with van der Waals surface area (Å²) in [6.45, 7) is 0.151. The minimum atomic E-state index is -3.98. The fraction of sp³-hybridized carbons (Fsp3) is 0.0385. The Morgan fingerprint density at radius 2 is 1.60 bits per heavy atom. The van der Waals surface area contributed by atoms with Crippen LogP contribution in [0.15, 0.2) is 114 Å². The molecule has 0 aliphatic carbocycles. The molecule has 35 heavy (non-hydrogen) atoms. The van der Waals surface area contributed by atoms with E-state index in [0.29, 0.717) is 17.2 Å². The lowest BCUT2D eigenvalue weighted by molar-refractivity contribution is 0.102. The van der Waals surface area contributed by atoms with Crippen molar-refractivity contribution in [2.45, 2.75) is 11.4 Å². The molecule has 0 aliphatic rings. The Morgan fingerprint density at radius 3 is 2.37 bits per heavy atom. The molecule has 0 saturated carbocycles. The largest absolute Gasteiger partial charge is 0.306 e. The molecule has 0 atom stereocenters. The maximum Gasteiger partial charge on any atom is 0.264 e. The van der Waals surface area contributed by atoms with Gasteiger partial charge in [-0.05, 0) is 42.0 Å². The van der Waals surface area contributed by atoms with Gasteiger partial charge >= 0.3 is 0 Å². The first-order chi connectivity index (χ1) is 17.0. The second-order valence-corrected chi connectivity index (χ2v) is 9.61. The van der Waals surface area contributed by atoms with Gasteiger partial charge in [-0.2, -0.15) is 9.61 Å². The minimum Gasteiger partial charge on any atom is -0.306 e. The fourth-order valence-electron chi connectivity index (χ4n) is 3.70. The van der Waals surface area contributed by atoms with Crippen molar-refractivity contribution in [2.75, 3.05) is 9.62 Å². The van der Waals surface area contributed by atoms with Crippen molar-refractivity contribution < 1.29 is 13.2 Å². The smallest absolute Gasteiger partial charge is 0.264 e. The lowest BCUT2D eigenvalue weighted by Gasteiger charge is -2.25. The number of fused-ring (bicyclic) bond motifs is 1. The Labute approximate surface area is 202 Å². The third kappa shape index (κ3) is 4.62. The molecule has 1 N–H and O–H groups in total. The third-order valence-corrected chi connectivity index (χ3v) is 7.20. The summed E-state index contributed by atoms with van der Waals surface area (Å²) in [5.74, 6) is -0.0346. The standard InChI is InChI=1S/C26H21N5O3S/c32-26(29-25-14-16-27-24-15-17-28-31(24)25)21-10-7-13-23(18-21)35(33,34)30(22-11-5-2-6-12-22)19-20-8-3-1-4-9-20/h1-18H,19H2,(H,29,32). The number of nitrogens with zero attached hydrogens (tertiary/aromatic N) is 4. The van der Waals surface area contributed by atoms with E-state index in [0.717, 1.165) is 5.56 Å². The summed E-state index contributed by atoms with van der Waals surface area (Å²) in [6, 6.07) is 27.6. The molecule has 0 aliphatic heterocycles. The molecule has 0 spiro atoms. The van der Waals surface area contributed by atoms with Gasteiger partial charge in [-0.25, -0.2) is 13.4 Å². The number of carbonyl (C=O) groups is 1. The van der Waals surface area contributed by atoms with Crippen LogP contribution >= 0.6 is 0 Å². The first kappa shape index (κ1) is 22.3. The highest BCUT2D eigenvalue weighted by atomic mass is 32.2. The number of hydrogen-bond acceptors (Lipinski definition) is 5. The number of benzene rings is 3. The molecule has 0 bridgehead atoms. The van der Waals surface area contributed by atoms with E-state index in [2.05, 4.69) is 15.4 Å². The van der Waals surface area contributed by atoms with E-state index in [1.807, 2.05) is 36.4 Å². The number of anilines is 2. The molecule has 5 aromatic rings. The Balaban J connectivity index is 1.48. The van der Waals surface area contributed by atoms with Crippen LogP contribution in [0.4, 0.5) is 11.5 Å². The number of rotatable bonds is 7. The summed E-state index contributed by atoms with van der Waals surface area (Å²) in [5, 5.41) is 6.94. The highest BCUT2D eigenvalue weighted by molar-refractivity contribution is 7.92. The van der Waals surface area contributed by atoms with E-state index in [9.17, 15) is 13.2 Å². The van der Waals surface area contributed by atoms with E-state index < -0.39 is 15.9 Å². The van der Waals surface area contributed by atoms with Crippen molar-refractivity contribution in [2.24, 2.45) is 0 Å². The van der Waals surface area contributed by atoms with Crippen molar-refractivity contribution in [1.29, 1.82) is 0 Å². The molecule has 5 rings (SSSR count). The van der Waals surface area contributed by atoms with Crippen molar-refractivity contribution in [3.63, 3.8) is 0 Å². The van der Waals surface area contributed by atoms with Gasteiger partial charge in [0.15, 0.2) is 5.65 Å². The normalized spacial score (nSPS) is 11.3. The van der Waals surface area contributed by atoms with Gasteiger partial charge in [0, 0.05) is 17.8 Å². The van der Waals surface area contributed by atoms with E-state index in [4.69, 9.17) is 0 Å².